The van der Waals surface area contributed by atoms with Crippen molar-refractivity contribution in [1.82, 2.24) is 10.2 Å². The van der Waals surface area contributed by atoms with E-state index < -0.39 is 29.3 Å². The first-order valence-electron chi connectivity index (χ1n) is 7.61. The number of amides is 4. The molecule has 4 rings (SSSR count). The Hall–Kier alpha value is -2.41. The summed E-state index contributed by atoms with van der Waals surface area (Å²) in [6, 6.07) is 6.69. The van der Waals surface area contributed by atoms with Crippen LogP contribution in [-0.2, 0) is 20.7 Å². The van der Waals surface area contributed by atoms with Crippen molar-refractivity contribution in [2.75, 3.05) is 31.7 Å². The van der Waals surface area contributed by atoms with Gasteiger partial charge in [0.2, 0.25) is 11.8 Å². The first kappa shape index (κ1) is 14.2. The van der Waals surface area contributed by atoms with Crippen molar-refractivity contribution < 1.29 is 19.1 Å². The minimum atomic E-state index is -1.32. The number of imide groups is 2. The number of para-hydroxylation sites is 1. The quantitative estimate of drug-likeness (QED) is 0.689. The molecule has 1 spiro atoms. The van der Waals surface area contributed by atoms with E-state index in [2.05, 4.69) is 10.2 Å². The van der Waals surface area contributed by atoms with E-state index in [0.717, 1.165) is 16.2 Å². The van der Waals surface area contributed by atoms with Crippen molar-refractivity contribution in [3.8, 4) is 0 Å². The van der Waals surface area contributed by atoms with Gasteiger partial charge in [-0.3, -0.25) is 19.8 Å². The van der Waals surface area contributed by atoms with Crippen LogP contribution in [-0.4, -0.2) is 55.6 Å². The highest BCUT2D eigenvalue weighted by molar-refractivity contribution is 6.20. The van der Waals surface area contributed by atoms with Crippen molar-refractivity contribution >= 4 is 23.5 Å². The van der Waals surface area contributed by atoms with Gasteiger partial charge in [-0.2, -0.15) is 0 Å². The number of rotatable bonds is 0. The molecule has 2 saturated heterocycles. The van der Waals surface area contributed by atoms with Crippen LogP contribution in [0, 0.1) is 5.41 Å². The molecule has 0 aliphatic carbocycles. The van der Waals surface area contributed by atoms with E-state index in [1.807, 2.05) is 24.3 Å². The second kappa shape index (κ2) is 4.79. The predicted octanol–water partition coefficient (Wildman–Crippen LogP) is 0.142. The molecule has 1 aromatic carbocycles. The highest BCUT2D eigenvalue weighted by atomic mass is 16.5. The number of fused-ring (bicyclic) bond motifs is 4. The third kappa shape index (κ3) is 1.77. The van der Waals surface area contributed by atoms with Crippen LogP contribution >= 0.6 is 0 Å². The third-order valence-corrected chi connectivity index (χ3v) is 5.08. The van der Waals surface area contributed by atoms with Gasteiger partial charge >= 0.3 is 6.03 Å². The van der Waals surface area contributed by atoms with Crippen LogP contribution < -0.4 is 10.2 Å². The average Bonchev–Trinajstić information content (AvgIpc) is 2.58. The lowest BCUT2D eigenvalue weighted by Gasteiger charge is -2.52. The number of urea groups is 1. The van der Waals surface area contributed by atoms with Crippen LogP contribution in [0.4, 0.5) is 10.5 Å². The van der Waals surface area contributed by atoms with E-state index >= 15 is 0 Å². The molecule has 2 atom stereocenters. The molecule has 2 fully saturated rings. The van der Waals surface area contributed by atoms with Crippen molar-refractivity contribution in [2.24, 2.45) is 5.41 Å². The highest BCUT2D eigenvalue weighted by Crippen LogP contribution is 2.44. The van der Waals surface area contributed by atoms with Crippen LogP contribution in [0.2, 0.25) is 0 Å². The van der Waals surface area contributed by atoms with Gasteiger partial charge in [0, 0.05) is 19.3 Å². The Bertz CT molecular complexity index is 719. The van der Waals surface area contributed by atoms with Crippen molar-refractivity contribution in [3.63, 3.8) is 0 Å². The lowest BCUT2D eigenvalue weighted by atomic mass is 9.68. The summed E-state index contributed by atoms with van der Waals surface area (Å²) in [4.78, 5) is 40.5. The Morgan fingerprint density at radius 3 is 2.87 bits per heavy atom. The Balaban J connectivity index is 1.89. The molecule has 3 aliphatic heterocycles. The highest BCUT2D eigenvalue weighted by Gasteiger charge is 2.61. The predicted molar refractivity (Wildman–Crippen MR) is 80.8 cm³/mol. The minimum absolute atomic E-state index is 0.274. The summed E-state index contributed by atoms with van der Waals surface area (Å²) in [5.74, 6) is -0.984. The largest absolute Gasteiger partial charge is 0.377 e. The van der Waals surface area contributed by atoms with E-state index in [4.69, 9.17) is 4.74 Å². The number of nitrogens with one attached hydrogen (secondary N) is 1. The molecule has 7 heteroatoms. The number of hydrogen-bond acceptors (Lipinski definition) is 5. The fourth-order valence-electron chi connectivity index (χ4n) is 3.89. The number of hydrogen-bond donors (Lipinski definition) is 1. The van der Waals surface area contributed by atoms with Gasteiger partial charge in [-0.25, -0.2) is 4.79 Å². The van der Waals surface area contributed by atoms with Crippen LogP contribution in [0.1, 0.15) is 5.56 Å². The number of barbiturate groups is 1. The maximum Gasteiger partial charge on any atom is 0.330 e. The fraction of sp³-hybridized carbons (Fsp3) is 0.438. The van der Waals surface area contributed by atoms with Gasteiger partial charge in [-0.1, -0.05) is 18.2 Å². The van der Waals surface area contributed by atoms with Crippen molar-refractivity contribution in [1.29, 1.82) is 0 Å². The van der Waals surface area contributed by atoms with Crippen molar-refractivity contribution in [2.45, 2.75) is 12.5 Å². The van der Waals surface area contributed by atoms with E-state index in [9.17, 15) is 14.4 Å². The Labute approximate surface area is 133 Å². The average molecular weight is 315 g/mol. The standard InChI is InChI=1S/C16H17N3O4/c1-18-14(21)16(13(20)17-15(18)22)8-10-4-2-3-5-11(10)19-6-7-23-9-12(16)19/h2-5,12H,6-9H2,1H3,(H,17,20,22)/t12-,16-/m0/s1. The lowest BCUT2D eigenvalue weighted by molar-refractivity contribution is -0.155. The van der Waals surface area contributed by atoms with E-state index in [1.165, 1.54) is 7.05 Å². The normalized spacial score (nSPS) is 30.1. The first-order valence-corrected chi connectivity index (χ1v) is 7.61. The summed E-state index contributed by atoms with van der Waals surface area (Å²) in [5, 5.41) is 2.33. The number of nitrogens with zero attached hydrogens (tertiary/aromatic N) is 2. The van der Waals surface area contributed by atoms with Crippen LogP contribution in [0.25, 0.3) is 0 Å². The molecular weight excluding hydrogens is 298 g/mol. The molecule has 0 radical (unpaired) electrons. The second-order valence-electron chi connectivity index (χ2n) is 6.18. The lowest BCUT2D eigenvalue weighted by Crippen LogP contribution is -2.73. The summed E-state index contributed by atoms with van der Waals surface area (Å²) in [6.07, 6.45) is 0.274. The zero-order chi connectivity index (χ0) is 16.2. The number of anilines is 1. The SMILES string of the molecule is CN1C(=O)NC(=O)[C@@]2(Cc3ccccc3N3CCOC[C@H]32)C1=O. The maximum atomic E-state index is 12.9. The topological polar surface area (TPSA) is 79.0 Å². The second-order valence-corrected chi connectivity index (χ2v) is 6.18. The Kier molecular flexibility index (Phi) is 2.96. The molecule has 3 heterocycles. The molecule has 0 bridgehead atoms. The van der Waals surface area contributed by atoms with E-state index in [-0.39, 0.29) is 13.0 Å². The minimum Gasteiger partial charge on any atom is -0.377 e. The summed E-state index contributed by atoms with van der Waals surface area (Å²) in [6.45, 7) is 1.45. The van der Waals surface area contributed by atoms with Gasteiger partial charge < -0.3 is 9.64 Å². The zero-order valence-electron chi connectivity index (χ0n) is 12.7. The Morgan fingerprint density at radius 1 is 1.26 bits per heavy atom. The summed E-state index contributed by atoms with van der Waals surface area (Å²) in [5.41, 5.74) is 0.653. The van der Waals surface area contributed by atoms with E-state index in [0.29, 0.717) is 13.2 Å². The summed E-state index contributed by atoms with van der Waals surface area (Å²) in [7, 11) is 1.40. The number of carbonyl (C=O) groups excluding carboxylic acids is 3. The van der Waals surface area contributed by atoms with Gasteiger partial charge in [0.05, 0.1) is 19.3 Å². The van der Waals surface area contributed by atoms with Gasteiger partial charge in [0.15, 0.2) is 5.41 Å². The number of morpholine rings is 1. The molecule has 1 N–H and O–H groups in total. The molecule has 7 nitrogen and oxygen atoms in total. The molecule has 1 aromatic rings. The third-order valence-electron chi connectivity index (χ3n) is 5.08. The molecule has 4 amide bonds. The molecule has 120 valence electrons. The van der Waals surface area contributed by atoms with E-state index in [1.54, 1.807) is 0 Å². The van der Waals surface area contributed by atoms with Crippen LogP contribution in [0.5, 0.6) is 0 Å². The van der Waals surface area contributed by atoms with Crippen LogP contribution in [0.15, 0.2) is 24.3 Å². The van der Waals surface area contributed by atoms with Gasteiger partial charge in [0.25, 0.3) is 0 Å². The van der Waals surface area contributed by atoms with Gasteiger partial charge in [0.1, 0.15) is 0 Å². The number of benzene rings is 1. The maximum absolute atomic E-state index is 12.9. The van der Waals surface area contributed by atoms with Crippen molar-refractivity contribution in [3.05, 3.63) is 29.8 Å². The molecule has 23 heavy (non-hydrogen) atoms. The molecule has 0 aromatic heterocycles. The molecule has 0 unspecified atom stereocenters. The summed E-state index contributed by atoms with van der Waals surface area (Å²) < 4.78 is 5.56. The Morgan fingerprint density at radius 2 is 2.04 bits per heavy atom. The monoisotopic (exact) mass is 315 g/mol. The molecule has 0 saturated carbocycles. The molecular formula is C16H17N3O4. The molecule has 3 aliphatic rings. The number of carbonyl (C=O) groups is 3. The first-order chi connectivity index (χ1) is 11.1. The van der Waals surface area contributed by atoms with Crippen LogP contribution in [0.3, 0.4) is 0 Å². The van der Waals surface area contributed by atoms with Gasteiger partial charge in [-0.15, -0.1) is 0 Å². The smallest absolute Gasteiger partial charge is 0.330 e. The summed E-state index contributed by atoms with van der Waals surface area (Å²) >= 11 is 0. The fourth-order valence-corrected chi connectivity index (χ4v) is 3.89. The zero-order valence-corrected chi connectivity index (χ0v) is 12.7. The number of ether oxygens (including phenoxy) is 1. The van der Waals surface area contributed by atoms with Gasteiger partial charge in [-0.05, 0) is 18.1 Å².